The number of rotatable bonds is 13. The molecule has 0 bridgehead atoms. The number of carbonyl (C=O) groups excluding carboxylic acids is 2. The summed E-state index contributed by atoms with van der Waals surface area (Å²) in [7, 11) is 4.80. The van der Waals surface area contributed by atoms with E-state index in [1.807, 2.05) is 91.0 Å². The lowest BCUT2D eigenvalue weighted by Gasteiger charge is -2.36. The Morgan fingerprint density at radius 3 is 1.76 bits per heavy atom. The van der Waals surface area contributed by atoms with Gasteiger partial charge in [-0.1, -0.05) is 60.7 Å². The van der Waals surface area contributed by atoms with Crippen LogP contribution in [0.1, 0.15) is 40.9 Å². The van der Waals surface area contributed by atoms with Gasteiger partial charge in [0.25, 0.3) is 0 Å². The second-order valence-electron chi connectivity index (χ2n) is 9.25. The number of benzene rings is 3. The summed E-state index contributed by atoms with van der Waals surface area (Å²) in [6.07, 6.45) is 0.0841. The zero-order chi connectivity index (χ0) is 29.1. The van der Waals surface area contributed by atoms with E-state index in [4.69, 9.17) is 18.9 Å². The van der Waals surface area contributed by atoms with Gasteiger partial charge in [-0.25, -0.2) is 0 Å². The number of amides is 1. The Morgan fingerprint density at radius 1 is 0.683 bits per heavy atom. The van der Waals surface area contributed by atoms with Gasteiger partial charge in [-0.2, -0.15) is 0 Å². The standard InChI is InChI=1S/C33H34N2O6/c1-34-31(36)20-21-32(37)40-22-27-10-7-11-28(35-27)23-41-33(24-8-5-4-6-9-24,25-12-16-29(38-2)17-13-25)26-14-18-30(39-3)19-15-26/h4-19H,20-23H2,1-3H3,(H,34,36). The van der Waals surface area contributed by atoms with E-state index in [1.54, 1.807) is 20.3 Å². The van der Waals surface area contributed by atoms with Crippen LogP contribution in [0.15, 0.2) is 97.1 Å². The predicted octanol–water partition coefficient (Wildman–Crippen LogP) is 5.18. The zero-order valence-electron chi connectivity index (χ0n) is 23.5. The van der Waals surface area contributed by atoms with E-state index in [0.29, 0.717) is 11.4 Å². The monoisotopic (exact) mass is 554 g/mol. The minimum Gasteiger partial charge on any atom is -0.497 e. The van der Waals surface area contributed by atoms with Gasteiger partial charge in [0.15, 0.2) is 0 Å². The number of aromatic nitrogens is 1. The van der Waals surface area contributed by atoms with E-state index in [9.17, 15) is 9.59 Å². The highest BCUT2D eigenvalue weighted by Crippen LogP contribution is 2.42. The summed E-state index contributed by atoms with van der Waals surface area (Å²) in [4.78, 5) is 28.1. The van der Waals surface area contributed by atoms with Crippen molar-refractivity contribution in [3.63, 3.8) is 0 Å². The van der Waals surface area contributed by atoms with Gasteiger partial charge in [0.2, 0.25) is 5.91 Å². The maximum absolute atomic E-state index is 12.1. The molecule has 41 heavy (non-hydrogen) atoms. The molecule has 4 rings (SSSR count). The summed E-state index contributed by atoms with van der Waals surface area (Å²) in [6, 6.07) is 31.2. The molecule has 0 aliphatic carbocycles. The highest BCUT2D eigenvalue weighted by molar-refractivity contribution is 5.80. The van der Waals surface area contributed by atoms with Crippen molar-refractivity contribution in [3.8, 4) is 11.5 Å². The molecule has 0 radical (unpaired) electrons. The second-order valence-corrected chi connectivity index (χ2v) is 9.25. The summed E-state index contributed by atoms with van der Waals surface area (Å²) in [6.45, 7) is 0.173. The van der Waals surface area contributed by atoms with Crippen molar-refractivity contribution >= 4 is 11.9 Å². The number of carbonyl (C=O) groups is 2. The number of hydrogen-bond donors (Lipinski definition) is 1. The third-order valence-electron chi connectivity index (χ3n) is 6.69. The lowest BCUT2D eigenvalue weighted by molar-refractivity contribution is -0.146. The van der Waals surface area contributed by atoms with Crippen LogP contribution in [0.25, 0.3) is 0 Å². The quantitative estimate of drug-likeness (QED) is 0.180. The molecule has 1 heterocycles. The smallest absolute Gasteiger partial charge is 0.306 e. The average molecular weight is 555 g/mol. The highest BCUT2D eigenvalue weighted by Gasteiger charge is 2.38. The predicted molar refractivity (Wildman–Crippen MR) is 154 cm³/mol. The van der Waals surface area contributed by atoms with Crippen molar-refractivity contribution in [1.29, 1.82) is 0 Å². The summed E-state index contributed by atoms with van der Waals surface area (Å²) in [5.74, 6) is 0.809. The molecule has 0 fully saturated rings. The molecule has 212 valence electrons. The van der Waals surface area contributed by atoms with Crippen LogP contribution in [0.3, 0.4) is 0 Å². The van der Waals surface area contributed by atoms with Gasteiger partial charge >= 0.3 is 5.97 Å². The maximum atomic E-state index is 12.1. The molecule has 4 aromatic rings. The van der Waals surface area contributed by atoms with Crippen LogP contribution < -0.4 is 14.8 Å². The molecule has 0 aliphatic heterocycles. The van der Waals surface area contributed by atoms with E-state index in [-0.39, 0.29) is 32.0 Å². The molecule has 0 atom stereocenters. The summed E-state index contributed by atoms with van der Waals surface area (Å²) < 4.78 is 23.0. The van der Waals surface area contributed by atoms with Crippen molar-refractivity contribution in [2.45, 2.75) is 31.7 Å². The Morgan fingerprint density at radius 2 is 1.22 bits per heavy atom. The number of ether oxygens (including phenoxy) is 4. The van der Waals surface area contributed by atoms with Gasteiger partial charge in [0.05, 0.1) is 38.6 Å². The van der Waals surface area contributed by atoms with Crippen molar-refractivity contribution < 1.29 is 28.5 Å². The number of pyridine rings is 1. The van der Waals surface area contributed by atoms with Crippen LogP contribution in [0.5, 0.6) is 11.5 Å². The largest absolute Gasteiger partial charge is 0.497 e. The van der Waals surface area contributed by atoms with Gasteiger partial charge in [0, 0.05) is 13.5 Å². The fourth-order valence-electron chi connectivity index (χ4n) is 4.51. The normalized spacial score (nSPS) is 11.0. The molecule has 0 saturated heterocycles. The zero-order valence-corrected chi connectivity index (χ0v) is 23.5. The molecule has 1 N–H and O–H groups in total. The van der Waals surface area contributed by atoms with Crippen molar-refractivity contribution in [2.75, 3.05) is 21.3 Å². The molecule has 8 heteroatoms. The fraction of sp³-hybridized carbons (Fsp3) is 0.242. The SMILES string of the molecule is CNC(=O)CCC(=O)OCc1cccc(COC(c2ccccc2)(c2ccc(OC)cc2)c2ccc(OC)cc2)n1. The lowest BCUT2D eigenvalue weighted by atomic mass is 9.80. The number of esters is 1. The van der Waals surface area contributed by atoms with E-state index < -0.39 is 11.6 Å². The number of methoxy groups -OCH3 is 2. The number of hydrogen-bond acceptors (Lipinski definition) is 7. The van der Waals surface area contributed by atoms with E-state index >= 15 is 0 Å². The van der Waals surface area contributed by atoms with Crippen LogP contribution >= 0.6 is 0 Å². The minimum atomic E-state index is -0.982. The topological polar surface area (TPSA) is 96.0 Å². The molecular formula is C33H34N2O6. The molecule has 0 spiro atoms. The Bertz CT molecular complexity index is 1380. The Kier molecular flexibility index (Phi) is 10.1. The van der Waals surface area contributed by atoms with Crippen molar-refractivity contribution in [2.24, 2.45) is 0 Å². The van der Waals surface area contributed by atoms with E-state index in [0.717, 1.165) is 28.2 Å². The summed E-state index contributed by atoms with van der Waals surface area (Å²) in [5, 5.41) is 2.49. The first kappa shape index (κ1) is 29.3. The Hall–Kier alpha value is -4.69. The van der Waals surface area contributed by atoms with Gasteiger partial charge < -0.3 is 24.3 Å². The first-order valence-corrected chi connectivity index (χ1v) is 13.3. The Labute approximate surface area is 240 Å². The Balaban J connectivity index is 1.64. The van der Waals surface area contributed by atoms with Crippen LogP contribution in [0, 0.1) is 0 Å². The lowest BCUT2D eigenvalue weighted by Crippen LogP contribution is -2.33. The fourth-order valence-corrected chi connectivity index (χ4v) is 4.51. The minimum absolute atomic E-state index is 0.00120. The van der Waals surface area contributed by atoms with Gasteiger partial charge in [-0.3, -0.25) is 14.6 Å². The third kappa shape index (κ3) is 7.29. The van der Waals surface area contributed by atoms with Gasteiger partial charge in [0.1, 0.15) is 23.7 Å². The first-order valence-electron chi connectivity index (χ1n) is 13.3. The molecule has 0 unspecified atom stereocenters. The first-order chi connectivity index (χ1) is 20.0. The molecule has 0 saturated carbocycles. The molecular weight excluding hydrogens is 520 g/mol. The molecule has 3 aromatic carbocycles. The van der Waals surface area contributed by atoms with Gasteiger partial charge in [-0.15, -0.1) is 0 Å². The van der Waals surface area contributed by atoms with E-state index in [2.05, 4.69) is 10.3 Å². The summed E-state index contributed by atoms with van der Waals surface area (Å²) in [5.41, 5.74) is 3.04. The molecule has 0 aliphatic rings. The van der Waals surface area contributed by atoms with Crippen LogP contribution in [0.2, 0.25) is 0 Å². The second kappa shape index (κ2) is 14.1. The van der Waals surface area contributed by atoms with Crippen molar-refractivity contribution in [3.05, 3.63) is 125 Å². The van der Waals surface area contributed by atoms with Crippen LogP contribution in [0.4, 0.5) is 0 Å². The molecule has 1 aromatic heterocycles. The van der Waals surface area contributed by atoms with Crippen LogP contribution in [-0.2, 0) is 37.9 Å². The highest BCUT2D eigenvalue weighted by atomic mass is 16.5. The summed E-state index contributed by atoms with van der Waals surface area (Å²) >= 11 is 0. The molecule has 8 nitrogen and oxygen atoms in total. The average Bonchev–Trinajstić information content (AvgIpc) is 3.04. The number of nitrogens with one attached hydrogen (secondary N) is 1. The van der Waals surface area contributed by atoms with E-state index in [1.165, 1.54) is 7.05 Å². The van der Waals surface area contributed by atoms with Crippen molar-refractivity contribution in [1.82, 2.24) is 10.3 Å². The third-order valence-corrected chi connectivity index (χ3v) is 6.69. The maximum Gasteiger partial charge on any atom is 0.306 e. The van der Waals surface area contributed by atoms with Crippen LogP contribution in [-0.4, -0.2) is 38.1 Å². The molecule has 1 amide bonds. The number of nitrogens with zero attached hydrogens (tertiary/aromatic N) is 1. The van der Waals surface area contributed by atoms with Gasteiger partial charge in [-0.05, 0) is 53.1 Å².